The molecule has 1 aliphatic rings. The van der Waals surface area contributed by atoms with Crippen LogP contribution in [-0.4, -0.2) is 53.6 Å². The predicted octanol–water partition coefficient (Wildman–Crippen LogP) is 2.59. The maximum atomic E-state index is 10.9. The molecular formula is C19H25N5O2. The van der Waals surface area contributed by atoms with Crippen LogP contribution in [0, 0.1) is 6.92 Å². The number of amides is 1. The molecule has 0 unspecified atom stereocenters. The number of carbonyl (C=O) groups is 1. The van der Waals surface area contributed by atoms with E-state index >= 15 is 0 Å². The lowest BCUT2D eigenvalue weighted by Gasteiger charge is -2.33. The first kappa shape index (κ1) is 18.0. The Morgan fingerprint density at radius 1 is 1.15 bits per heavy atom. The number of benzene rings is 1. The van der Waals surface area contributed by atoms with Crippen LogP contribution in [0.4, 0.5) is 17.5 Å². The van der Waals surface area contributed by atoms with Gasteiger partial charge in [0.05, 0.1) is 11.8 Å². The highest BCUT2D eigenvalue weighted by molar-refractivity contribution is 5.63. The molecule has 1 aliphatic heterocycles. The predicted molar refractivity (Wildman–Crippen MR) is 102 cm³/mol. The first-order valence-electron chi connectivity index (χ1n) is 8.88. The minimum atomic E-state index is 0.0843. The third kappa shape index (κ3) is 4.41. The number of hydrogen-bond donors (Lipinski definition) is 1. The van der Waals surface area contributed by atoms with Crippen molar-refractivity contribution in [1.82, 2.24) is 14.9 Å². The number of rotatable bonds is 6. The molecule has 1 N–H and O–H groups in total. The van der Waals surface area contributed by atoms with Gasteiger partial charge in [-0.2, -0.15) is 4.98 Å². The van der Waals surface area contributed by atoms with Crippen molar-refractivity contribution in [2.24, 2.45) is 0 Å². The number of para-hydroxylation sites is 2. The van der Waals surface area contributed by atoms with Gasteiger partial charge in [-0.25, -0.2) is 4.98 Å². The van der Waals surface area contributed by atoms with E-state index in [-0.39, 0.29) is 6.10 Å². The fourth-order valence-electron chi connectivity index (χ4n) is 2.87. The van der Waals surface area contributed by atoms with Gasteiger partial charge in [0.1, 0.15) is 11.6 Å². The quantitative estimate of drug-likeness (QED) is 0.803. The van der Waals surface area contributed by atoms with Crippen LogP contribution in [0.2, 0.25) is 0 Å². The maximum Gasteiger partial charge on any atom is 0.229 e. The number of nitrogens with zero attached hydrogens (tertiary/aromatic N) is 4. The Labute approximate surface area is 154 Å². The molecule has 1 fully saturated rings. The molecule has 3 rings (SSSR count). The molecule has 1 amide bonds. The van der Waals surface area contributed by atoms with Crippen molar-refractivity contribution in [2.75, 3.05) is 36.4 Å². The second kappa shape index (κ2) is 8.03. The SMILES string of the molecule is Cc1cc(N2CCN(C=O)CC2)nc(Nc2ccccc2OC(C)C)n1. The second-order valence-corrected chi connectivity index (χ2v) is 6.61. The lowest BCUT2D eigenvalue weighted by Crippen LogP contribution is -2.46. The van der Waals surface area contributed by atoms with Crippen molar-refractivity contribution < 1.29 is 9.53 Å². The number of nitrogens with one attached hydrogen (secondary N) is 1. The van der Waals surface area contributed by atoms with E-state index in [1.165, 1.54) is 0 Å². The summed E-state index contributed by atoms with van der Waals surface area (Å²) in [4.78, 5) is 24.0. The van der Waals surface area contributed by atoms with E-state index in [9.17, 15) is 4.79 Å². The minimum Gasteiger partial charge on any atom is -0.489 e. The van der Waals surface area contributed by atoms with E-state index in [0.717, 1.165) is 42.4 Å². The van der Waals surface area contributed by atoms with Crippen molar-refractivity contribution in [1.29, 1.82) is 0 Å². The normalized spacial score (nSPS) is 14.5. The zero-order valence-electron chi connectivity index (χ0n) is 15.5. The van der Waals surface area contributed by atoms with Gasteiger partial charge in [-0.1, -0.05) is 12.1 Å². The Bertz CT molecular complexity index is 757. The summed E-state index contributed by atoms with van der Waals surface area (Å²) in [5.41, 5.74) is 1.72. The molecule has 7 nitrogen and oxygen atoms in total. The zero-order chi connectivity index (χ0) is 18.5. The summed E-state index contributed by atoms with van der Waals surface area (Å²) in [5.74, 6) is 2.18. The fourth-order valence-corrected chi connectivity index (χ4v) is 2.87. The topological polar surface area (TPSA) is 70.6 Å². The van der Waals surface area contributed by atoms with Gasteiger partial charge in [-0.3, -0.25) is 4.79 Å². The van der Waals surface area contributed by atoms with E-state index in [1.807, 2.05) is 51.1 Å². The number of ether oxygens (including phenoxy) is 1. The highest BCUT2D eigenvalue weighted by Gasteiger charge is 2.18. The van der Waals surface area contributed by atoms with E-state index in [1.54, 1.807) is 4.90 Å². The third-order valence-electron chi connectivity index (χ3n) is 4.12. The number of anilines is 3. The number of carbonyl (C=O) groups excluding carboxylic acids is 1. The van der Waals surface area contributed by atoms with Crippen LogP contribution in [0.1, 0.15) is 19.5 Å². The van der Waals surface area contributed by atoms with Crippen LogP contribution in [0.5, 0.6) is 5.75 Å². The summed E-state index contributed by atoms with van der Waals surface area (Å²) in [6, 6.07) is 9.74. The number of piperazine rings is 1. The average Bonchev–Trinajstić information content (AvgIpc) is 2.62. The van der Waals surface area contributed by atoms with Crippen LogP contribution < -0.4 is 15.0 Å². The molecule has 0 radical (unpaired) electrons. The van der Waals surface area contributed by atoms with E-state index < -0.39 is 0 Å². The number of aryl methyl sites for hydroxylation is 1. The zero-order valence-corrected chi connectivity index (χ0v) is 15.5. The van der Waals surface area contributed by atoms with Gasteiger partial charge in [-0.15, -0.1) is 0 Å². The molecule has 1 saturated heterocycles. The number of hydrogen-bond acceptors (Lipinski definition) is 6. The van der Waals surface area contributed by atoms with Crippen LogP contribution >= 0.6 is 0 Å². The molecule has 0 bridgehead atoms. The van der Waals surface area contributed by atoms with Crippen LogP contribution in [0.25, 0.3) is 0 Å². The van der Waals surface area contributed by atoms with Crippen LogP contribution in [0.15, 0.2) is 30.3 Å². The maximum absolute atomic E-state index is 10.9. The van der Waals surface area contributed by atoms with Gasteiger partial charge < -0.3 is 19.9 Å². The van der Waals surface area contributed by atoms with Gasteiger partial charge in [0.25, 0.3) is 0 Å². The Hall–Kier alpha value is -2.83. The van der Waals surface area contributed by atoms with Crippen molar-refractivity contribution in [3.05, 3.63) is 36.0 Å². The summed E-state index contributed by atoms with van der Waals surface area (Å²) < 4.78 is 5.85. The molecule has 26 heavy (non-hydrogen) atoms. The van der Waals surface area contributed by atoms with Crippen molar-refractivity contribution in [3.63, 3.8) is 0 Å². The second-order valence-electron chi connectivity index (χ2n) is 6.61. The highest BCUT2D eigenvalue weighted by atomic mass is 16.5. The summed E-state index contributed by atoms with van der Waals surface area (Å²) in [6.07, 6.45) is 0.988. The first-order chi connectivity index (χ1) is 12.5. The van der Waals surface area contributed by atoms with E-state index in [2.05, 4.69) is 20.2 Å². The molecule has 0 spiro atoms. The standard InChI is InChI=1S/C19H25N5O2/c1-14(2)26-17-7-5-4-6-16(17)21-19-20-15(3)12-18(22-19)24-10-8-23(13-25)9-11-24/h4-7,12-14H,8-11H2,1-3H3,(H,20,21,22). The smallest absolute Gasteiger partial charge is 0.229 e. The monoisotopic (exact) mass is 355 g/mol. The van der Waals surface area contributed by atoms with Crippen LogP contribution in [0.3, 0.4) is 0 Å². The fraction of sp³-hybridized carbons (Fsp3) is 0.421. The van der Waals surface area contributed by atoms with Crippen LogP contribution in [-0.2, 0) is 4.79 Å². The summed E-state index contributed by atoms with van der Waals surface area (Å²) in [7, 11) is 0. The van der Waals surface area contributed by atoms with Crippen molar-refractivity contribution in [3.8, 4) is 5.75 Å². The van der Waals surface area contributed by atoms with Gasteiger partial charge in [0.2, 0.25) is 12.4 Å². The molecule has 2 aromatic rings. The summed E-state index contributed by atoms with van der Waals surface area (Å²) in [6.45, 7) is 8.90. The van der Waals surface area contributed by atoms with E-state index in [0.29, 0.717) is 19.0 Å². The molecule has 0 aliphatic carbocycles. The lowest BCUT2D eigenvalue weighted by atomic mass is 10.3. The minimum absolute atomic E-state index is 0.0843. The molecule has 0 saturated carbocycles. The van der Waals surface area contributed by atoms with Gasteiger partial charge in [0, 0.05) is 37.9 Å². The Morgan fingerprint density at radius 2 is 1.88 bits per heavy atom. The Balaban J connectivity index is 1.79. The first-order valence-corrected chi connectivity index (χ1v) is 8.88. The van der Waals surface area contributed by atoms with Crippen molar-refractivity contribution >= 4 is 23.9 Å². The average molecular weight is 355 g/mol. The van der Waals surface area contributed by atoms with E-state index in [4.69, 9.17) is 4.74 Å². The third-order valence-corrected chi connectivity index (χ3v) is 4.12. The Kier molecular flexibility index (Phi) is 5.55. The highest BCUT2D eigenvalue weighted by Crippen LogP contribution is 2.28. The number of aromatic nitrogens is 2. The molecule has 1 aromatic heterocycles. The van der Waals surface area contributed by atoms with Gasteiger partial charge in [0.15, 0.2) is 0 Å². The molecular weight excluding hydrogens is 330 g/mol. The molecule has 2 heterocycles. The molecule has 7 heteroatoms. The lowest BCUT2D eigenvalue weighted by molar-refractivity contribution is -0.118. The van der Waals surface area contributed by atoms with Gasteiger partial charge in [-0.05, 0) is 32.9 Å². The Morgan fingerprint density at radius 3 is 2.58 bits per heavy atom. The molecule has 1 aromatic carbocycles. The van der Waals surface area contributed by atoms with Crippen molar-refractivity contribution in [2.45, 2.75) is 26.9 Å². The molecule has 0 atom stereocenters. The summed E-state index contributed by atoms with van der Waals surface area (Å²) in [5, 5.41) is 3.28. The molecule has 138 valence electrons. The summed E-state index contributed by atoms with van der Waals surface area (Å²) >= 11 is 0. The largest absolute Gasteiger partial charge is 0.489 e. The van der Waals surface area contributed by atoms with Gasteiger partial charge >= 0.3 is 0 Å².